The lowest BCUT2D eigenvalue weighted by Gasteiger charge is -2.25. The molecule has 29 heavy (non-hydrogen) atoms. The van der Waals surface area contributed by atoms with E-state index in [1.807, 2.05) is 6.07 Å². The Morgan fingerprint density at radius 3 is 2.10 bits per heavy atom. The first kappa shape index (κ1) is 20.4. The van der Waals surface area contributed by atoms with E-state index in [1.165, 1.54) is 21.3 Å². The van der Waals surface area contributed by atoms with Crippen LogP contribution in [0.5, 0.6) is 23.0 Å². The molecule has 0 saturated heterocycles. The average molecular weight is 400 g/mol. The van der Waals surface area contributed by atoms with E-state index in [1.54, 1.807) is 38.3 Å². The van der Waals surface area contributed by atoms with Gasteiger partial charge in [-0.2, -0.15) is 0 Å². The minimum Gasteiger partial charge on any atom is -0.497 e. The molecule has 0 bridgehead atoms. The largest absolute Gasteiger partial charge is 0.497 e. The average Bonchev–Trinajstić information content (AvgIpc) is 3.10. The van der Waals surface area contributed by atoms with E-state index < -0.39 is 11.6 Å². The Morgan fingerprint density at radius 1 is 0.897 bits per heavy atom. The molecule has 1 heterocycles. The molecule has 0 amide bonds. The number of carbonyl (C=O) groups is 1. The fourth-order valence-corrected chi connectivity index (χ4v) is 3.27. The van der Waals surface area contributed by atoms with Gasteiger partial charge in [-0.05, 0) is 31.2 Å². The summed E-state index contributed by atoms with van der Waals surface area (Å²) in [4.78, 5) is 22.0. The molecule has 1 unspecified atom stereocenters. The van der Waals surface area contributed by atoms with Gasteiger partial charge >= 0.3 is 5.97 Å². The number of esters is 1. The third-order valence-electron chi connectivity index (χ3n) is 4.62. The highest BCUT2D eigenvalue weighted by atomic mass is 16.5. The molecule has 2 aromatic carbocycles. The fraction of sp³-hybridized carbons (Fsp3) is 0.381. The second-order valence-electron chi connectivity index (χ2n) is 6.29. The van der Waals surface area contributed by atoms with Gasteiger partial charge in [-0.25, -0.2) is 9.98 Å². The number of rotatable bonds is 8. The summed E-state index contributed by atoms with van der Waals surface area (Å²) in [6.07, 6.45) is -0.0729. The van der Waals surface area contributed by atoms with E-state index >= 15 is 0 Å². The molecule has 1 atom stereocenters. The van der Waals surface area contributed by atoms with Gasteiger partial charge in [0.05, 0.1) is 52.2 Å². The Bertz CT molecular complexity index is 1010. The number of ether oxygens (including phenoxy) is 5. The van der Waals surface area contributed by atoms with Crippen LogP contribution >= 0.6 is 0 Å². The molecule has 0 N–H and O–H groups in total. The second-order valence-corrected chi connectivity index (χ2v) is 6.29. The number of methoxy groups -OCH3 is 4. The van der Waals surface area contributed by atoms with Crippen molar-refractivity contribution >= 4 is 5.97 Å². The summed E-state index contributed by atoms with van der Waals surface area (Å²) >= 11 is 0. The Balaban J connectivity index is 2.23. The molecule has 1 aliphatic heterocycles. The van der Waals surface area contributed by atoms with E-state index in [-0.39, 0.29) is 13.0 Å². The zero-order valence-electron chi connectivity index (χ0n) is 17.1. The Hall–Kier alpha value is -3.29. The fourth-order valence-electron chi connectivity index (χ4n) is 3.27. The number of nitrogens with zero attached hydrogens (tertiary/aromatic N) is 2. The highest BCUT2D eigenvalue weighted by Gasteiger charge is 2.38. The second kappa shape index (κ2) is 8.38. The minimum absolute atomic E-state index is 0.0729. The van der Waals surface area contributed by atoms with Crippen LogP contribution in [0.15, 0.2) is 40.3 Å². The molecule has 2 aromatic rings. The van der Waals surface area contributed by atoms with Crippen molar-refractivity contribution in [2.75, 3.05) is 35.0 Å². The third kappa shape index (κ3) is 3.83. The van der Waals surface area contributed by atoms with Crippen molar-refractivity contribution in [3.05, 3.63) is 46.6 Å². The molecule has 8 nitrogen and oxygen atoms in total. The van der Waals surface area contributed by atoms with Gasteiger partial charge < -0.3 is 23.7 Å². The molecule has 0 saturated carbocycles. The van der Waals surface area contributed by atoms with Gasteiger partial charge in [0.1, 0.15) is 5.75 Å². The number of fused-ring (bicyclic) bond motifs is 1. The maximum atomic E-state index is 12.4. The van der Waals surface area contributed by atoms with Crippen LogP contribution in [0.4, 0.5) is 0 Å². The smallest absolute Gasteiger partial charge is 0.310 e. The molecule has 1 aliphatic rings. The molecular weight excluding hydrogens is 376 g/mol. The van der Waals surface area contributed by atoms with Crippen LogP contribution in [0.2, 0.25) is 0 Å². The van der Waals surface area contributed by atoms with Crippen LogP contribution in [0, 0.1) is 0 Å². The molecule has 0 spiro atoms. The summed E-state index contributed by atoms with van der Waals surface area (Å²) in [5.41, 5.74) is -0.594. The van der Waals surface area contributed by atoms with E-state index in [0.717, 1.165) is 0 Å². The quantitative estimate of drug-likeness (QED) is 0.628. The van der Waals surface area contributed by atoms with Gasteiger partial charge in [-0.3, -0.25) is 4.79 Å². The maximum Gasteiger partial charge on any atom is 0.310 e. The first-order valence-corrected chi connectivity index (χ1v) is 9.10. The Labute approximate surface area is 168 Å². The molecule has 0 fully saturated rings. The number of hydrogen-bond donors (Lipinski definition) is 0. The predicted molar refractivity (Wildman–Crippen MR) is 104 cm³/mol. The summed E-state index contributed by atoms with van der Waals surface area (Å²) in [5.74, 6) is 1.59. The van der Waals surface area contributed by atoms with Crippen LogP contribution < -0.4 is 29.7 Å². The SMILES string of the molecule is CCOC(=O)CC1(c2cc(OC)c(OC)c(OC)c2)N=c2ccc(OC)cc2=N1. The highest BCUT2D eigenvalue weighted by molar-refractivity contribution is 5.72. The Morgan fingerprint density at radius 2 is 1.55 bits per heavy atom. The zero-order chi connectivity index (χ0) is 21.0. The molecule has 154 valence electrons. The number of benzene rings is 2. The van der Waals surface area contributed by atoms with Crippen molar-refractivity contribution in [1.29, 1.82) is 0 Å². The molecule has 3 rings (SSSR count). The first-order chi connectivity index (χ1) is 14.0. The molecule has 0 radical (unpaired) electrons. The van der Waals surface area contributed by atoms with Crippen molar-refractivity contribution in [2.45, 2.75) is 19.0 Å². The van der Waals surface area contributed by atoms with Crippen LogP contribution in [0.1, 0.15) is 18.9 Å². The summed E-state index contributed by atoms with van der Waals surface area (Å²) in [7, 11) is 6.17. The zero-order valence-corrected chi connectivity index (χ0v) is 17.1. The van der Waals surface area contributed by atoms with Crippen molar-refractivity contribution in [3.63, 3.8) is 0 Å². The lowest BCUT2D eigenvalue weighted by Crippen LogP contribution is -2.26. The molecular formula is C21H24N2O6. The van der Waals surface area contributed by atoms with Crippen molar-refractivity contribution in [1.82, 2.24) is 0 Å². The molecule has 0 aliphatic carbocycles. The van der Waals surface area contributed by atoms with Crippen molar-refractivity contribution in [3.8, 4) is 23.0 Å². The molecule has 8 heteroatoms. The summed E-state index contributed by atoms with van der Waals surface area (Å²) in [6, 6.07) is 8.88. The van der Waals surface area contributed by atoms with Gasteiger partial charge in [-0.1, -0.05) is 0 Å². The van der Waals surface area contributed by atoms with Gasteiger partial charge in [0, 0.05) is 11.6 Å². The normalized spacial score (nSPS) is 16.9. The maximum absolute atomic E-state index is 12.4. The lowest BCUT2D eigenvalue weighted by molar-refractivity contribution is -0.144. The Kier molecular flexibility index (Phi) is 5.91. The predicted octanol–water partition coefficient (Wildman–Crippen LogP) is 1.78. The van der Waals surface area contributed by atoms with Crippen LogP contribution in [0.3, 0.4) is 0 Å². The minimum atomic E-state index is -1.21. The standard InChI is InChI=1S/C21H24N2O6/c1-6-29-19(24)12-21(22-15-8-7-14(25-2)11-16(15)23-21)13-9-17(26-3)20(28-5)18(10-13)27-4/h7-11H,6,12H2,1-5H3. The van der Waals surface area contributed by atoms with Crippen LogP contribution in [-0.4, -0.2) is 41.0 Å². The first-order valence-electron chi connectivity index (χ1n) is 9.10. The van der Waals surface area contributed by atoms with E-state index in [4.69, 9.17) is 33.7 Å². The monoisotopic (exact) mass is 400 g/mol. The number of hydrogen-bond acceptors (Lipinski definition) is 8. The van der Waals surface area contributed by atoms with E-state index in [0.29, 0.717) is 39.3 Å². The van der Waals surface area contributed by atoms with Crippen molar-refractivity contribution in [2.24, 2.45) is 9.98 Å². The van der Waals surface area contributed by atoms with E-state index in [2.05, 4.69) is 0 Å². The van der Waals surface area contributed by atoms with E-state index in [9.17, 15) is 4.79 Å². The van der Waals surface area contributed by atoms with Crippen LogP contribution in [-0.2, 0) is 15.2 Å². The lowest BCUT2D eigenvalue weighted by atomic mass is 9.96. The van der Waals surface area contributed by atoms with Gasteiger partial charge in [0.2, 0.25) is 5.75 Å². The van der Waals surface area contributed by atoms with Crippen molar-refractivity contribution < 1.29 is 28.5 Å². The molecule has 0 aromatic heterocycles. The summed E-state index contributed by atoms with van der Waals surface area (Å²) in [6.45, 7) is 2.03. The third-order valence-corrected chi connectivity index (χ3v) is 4.62. The van der Waals surface area contributed by atoms with Gasteiger partial charge in [-0.15, -0.1) is 0 Å². The highest BCUT2D eigenvalue weighted by Crippen LogP contribution is 2.43. The summed E-state index contributed by atoms with van der Waals surface area (Å²) < 4.78 is 26.8. The number of carbonyl (C=O) groups excluding carboxylic acids is 1. The van der Waals surface area contributed by atoms with Gasteiger partial charge in [0.15, 0.2) is 17.2 Å². The van der Waals surface area contributed by atoms with Gasteiger partial charge in [0.25, 0.3) is 0 Å². The topological polar surface area (TPSA) is 87.9 Å². The summed E-state index contributed by atoms with van der Waals surface area (Å²) in [5, 5.41) is 1.28. The van der Waals surface area contributed by atoms with Crippen LogP contribution in [0.25, 0.3) is 0 Å².